The molecular formula is C25H49O2. The number of esters is 1. The van der Waals surface area contributed by atoms with Crippen molar-refractivity contribution in [2.45, 2.75) is 149 Å². The molecule has 0 aromatic carbocycles. The molecule has 0 fully saturated rings. The lowest BCUT2D eigenvalue weighted by Crippen LogP contribution is -1.94. The van der Waals surface area contributed by atoms with Crippen LogP contribution in [0.4, 0.5) is 0 Å². The van der Waals surface area contributed by atoms with Crippen molar-refractivity contribution >= 4 is 5.97 Å². The zero-order valence-electron chi connectivity index (χ0n) is 18.7. The zero-order valence-corrected chi connectivity index (χ0v) is 18.7. The first-order valence-electron chi connectivity index (χ1n) is 12.3. The Morgan fingerprint density at radius 1 is 0.556 bits per heavy atom. The molecule has 2 nitrogen and oxygen atoms in total. The Bertz CT molecular complexity index is 288. The first-order chi connectivity index (χ1) is 13.3. The van der Waals surface area contributed by atoms with Gasteiger partial charge in [-0.1, -0.05) is 129 Å². The van der Waals surface area contributed by atoms with E-state index in [4.69, 9.17) is 4.74 Å². The highest BCUT2D eigenvalue weighted by molar-refractivity contribution is 5.66. The fourth-order valence-electron chi connectivity index (χ4n) is 3.66. The number of hydrogen-bond acceptors (Lipinski definition) is 2. The van der Waals surface area contributed by atoms with Gasteiger partial charge in [0.1, 0.15) is 6.61 Å². The maximum absolute atomic E-state index is 10.6. The fraction of sp³-hybridized carbons (Fsp3) is 0.920. The van der Waals surface area contributed by atoms with Crippen molar-refractivity contribution in [2.75, 3.05) is 0 Å². The molecule has 1 radical (unpaired) electrons. The van der Waals surface area contributed by atoms with Gasteiger partial charge in [0, 0.05) is 6.92 Å². The maximum Gasteiger partial charge on any atom is 0.303 e. The van der Waals surface area contributed by atoms with E-state index >= 15 is 0 Å². The number of unbranched alkanes of at least 4 members (excludes halogenated alkanes) is 20. The normalized spacial score (nSPS) is 11.0. The van der Waals surface area contributed by atoms with E-state index in [1.807, 2.05) is 0 Å². The second kappa shape index (κ2) is 23.5. The van der Waals surface area contributed by atoms with Gasteiger partial charge in [-0.15, -0.1) is 0 Å². The smallest absolute Gasteiger partial charge is 0.303 e. The van der Waals surface area contributed by atoms with Gasteiger partial charge in [0.2, 0.25) is 0 Å². The molecule has 161 valence electrons. The summed E-state index contributed by atoms with van der Waals surface area (Å²) in [7, 11) is 0. The molecule has 27 heavy (non-hydrogen) atoms. The average molecular weight is 382 g/mol. The summed E-state index contributed by atoms with van der Waals surface area (Å²) in [4.78, 5) is 10.6. The predicted molar refractivity (Wildman–Crippen MR) is 119 cm³/mol. The summed E-state index contributed by atoms with van der Waals surface area (Å²) < 4.78 is 4.82. The third kappa shape index (κ3) is 25.5. The Labute approximate surface area is 171 Å². The number of carbonyl (C=O) groups is 1. The summed E-state index contributed by atoms with van der Waals surface area (Å²) in [5, 5.41) is 0. The van der Waals surface area contributed by atoms with Gasteiger partial charge < -0.3 is 4.74 Å². The minimum atomic E-state index is -0.205. The molecule has 0 rings (SSSR count). The van der Waals surface area contributed by atoms with Crippen molar-refractivity contribution in [1.29, 1.82) is 0 Å². The van der Waals surface area contributed by atoms with E-state index in [1.54, 1.807) is 6.61 Å². The number of ether oxygens (including phenoxy) is 1. The minimum absolute atomic E-state index is 0.205. The van der Waals surface area contributed by atoms with Gasteiger partial charge in [-0.25, -0.2) is 0 Å². The van der Waals surface area contributed by atoms with E-state index < -0.39 is 0 Å². The predicted octanol–water partition coefficient (Wildman–Crippen LogP) is 8.92. The van der Waals surface area contributed by atoms with Crippen LogP contribution < -0.4 is 0 Å². The topological polar surface area (TPSA) is 26.3 Å². The van der Waals surface area contributed by atoms with Crippen LogP contribution in [0.15, 0.2) is 0 Å². The van der Waals surface area contributed by atoms with Crippen LogP contribution in [0.5, 0.6) is 0 Å². The third-order valence-electron chi connectivity index (χ3n) is 5.42. The summed E-state index contributed by atoms with van der Waals surface area (Å²) in [6.45, 7) is 5.39. The largest absolute Gasteiger partial charge is 0.459 e. The fourth-order valence-corrected chi connectivity index (χ4v) is 3.66. The van der Waals surface area contributed by atoms with Gasteiger partial charge in [-0.2, -0.15) is 0 Å². The second-order valence-electron chi connectivity index (χ2n) is 8.28. The van der Waals surface area contributed by atoms with Crippen molar-refractivity contribution in [3.63, 3.8) is 0 Å². The SMILES string of the molecule is CCCCCCCCCCCCCCCCCCCCCC[CH]OC(C)=O. The quantitative estimate of drug-likeness (QED) is 0.138. The monoisotopic (exact) mass is 381 g/mol. The molecule has 0 aliphatic carbocycles. The highest BCUT2D eigenvalue weighted by atomic mass is 16.5. The van der Waals surface area contributed by atoms with Gasteiger partial charge in [0.25, 0.3) is 0 Å². The van der Waals surface area contributed by atoms with Gasteiger partial charge >= 0.3 is 5.97 Å². The molecule has 0 bridgehead atoms. The van der Waals surface area contributed by atoms with Crippen molar-refractivity contribution in [3.8, 4) is 0 Å². The van der Waals surface area contributed by atoms with E-state index in [0.717, 1.165) is 12.8 Å². The molecule has 0 amide bonds. The van der Waals surface area contributed by atoms with Crippen LogP contribution in [-0.2, 0) is 9.53 Å². The van der Waals surface area contributed by atoms with Crippen LogP contribution in [0.3, 0.4) is 0 Å². The van der Waals surface area contributed by atoms with Crippen LogP contribution >= 0.6 is 0 Å². The molecule has 0 spiro atoms. The van der Waals surface area contributed by atoms with Crippen LogP contribution in [0, 0.1) is 6.61 Å². The van der Waals surface area contributed by atoms with Gasteiger partial charge in [-0.05, 0) is 12.8 Å². The van der Waals surface area contributed by atoms with E-state index in [-0.39, 0.29) is 5.97 Å². The Balaban J connectivity index is 2.98. The average Bonchev–Trinajstić information content (AvgIpc) is 2.65. The second-order valence-corrected chi connectivity index (χ2v) is 8.28. The van der Waals surface area contributed by atoms with E-state index in [2.05, 4.69) is 6.92 Å². The number of rotatable bonds is 22. The summed E-state index contributed by atoms with van der Waals surface area (Å²) in [6, 6.07) is 0. The molecule has 2 heteroatoms. The van der Waals surface area contributed by atoms with Gasteiger partial charge in [0.15, 0.2) is 0 Å². The lowest BCUT2D eigenvalue weighted by molar-refractivity contribution is -0.137. The van der Waals surface area contributed by atoms with Crippen LogP contribution in [0.1, 0.15) is 149 Å². The summed E-state index contributed by atoms with van der Waals surface area (Å²) >= 11 is 0. The van der Waals surface area contributed by atoms with Crippen LogP contribution in [0.25, 0.3) is 0 Å². The third-order valence-corrected chi connectivity index (χ3v) is 5.42. The van der Waals surface area contributed by atoms with Gasteiger partial charge in [0.05, 0.1) is 0 Å². The summed E-state index contributed by atoms with van der Waals surface area (Å²) in [6.07, 6.45) is 29.1. The molecule has 0 atom stereocenters. The highest BCUT2D eigenvalue weighted by Gasteiger charge is 1.96. The summed E-state index contributed by atoms with van der Waals surface area (Å²) in [5.74, 6) is -0.205. The Morgan fingerprint density at radius 2 is 0.852 bits per heavy atom. The molecule has 0 N–H and O–H groups in total. The Kier molecular flexibility index (Phi) is 23.0. The molecule has 0 unspecified atom stereocenters. The Hall–Kier alpha value is -0.530. The van der Waals surface area contributed by atoms with E-state index in [9.17, 15) is 4.79 Å². The lowest BCUT2D eigenvalue weighted by Gasteiger charge is -2.04. The first kappa shape index (κ1) is 26.5. The molecular weight excluding hydrogens is 332 g/mol. The molecule has 0 saturated heterocycles. The first-order valence-corrected chi connectivity index (χ1v) is 12.3. The standard InChI is InChI=1S/C25H49O2/c1-3-4-5-6-7-8-9-10-11-12-13-14-15-16-17-18-19-20-21-22-23-24-27-25(2)26/h24H,3-23H2,1-2H3. The lowest BCUT2D eigenvalue weighted by atomic mass is 10.0. The van der Waals surface area contributed by atoms with E-state index in [0.29, 0.717) is 0 Å². The van der Waals surface area contributed by atoms with Crippen molar-refractivity contribution in [3.05, 3.63) is 6.61 Å². The highest BCUT2D eigenvalue weighted by Crippen LogP contribution is 2.15. The molecule has 0 aromatic rings. The van der Waals surface area contributed by atoms with Crippen LogP contribution in [-0.4, -0.2) is 5.97 Å². The number of hydrogen-bond donors (Lipinski definition) is 0. The molecule has 0 heterocycles. The van der Waals surface area contributed by atoms with Crippen molar-refractivity contribution in [2.24, 2.45) is 0 Å². The van der Waals surface area contributed by atoms with Crippen molar-refractivity contribution in [1.82, 2.24) is 0 Å². The zero-order chi connectivity index (χ0) is 19.8. The van der Waals surface area contributed by atoms with E-state index in [1.165, 1.54) is 129 Å². The maximum atomic E-state index is 10.6. The molecule has 0 aliphatic heterocycles. The molecule has 0 aliphatic rings. The molecule has 0 aromatic heterocycles. The molecule has 0 saturated carbocycles. The Morgan fingerprint density at radius 3 is 1.15 bits per heavy atom. The number of carbonyl (C=O) groups excluding carboxylic acids is 1. The minimum Gasteiger partial charge on any atom is -0.459 e. The summed E-state index contributed by atoms with van der Waals surface area (Å²) in [5.41, 5.74) is 0. The van der Waals surface area contributed by atoms with Crippen molar-refractivity contribution < 1.29 is 9.53 Å². The van der Waals surface area contributed by atoms with Crippen LogP contribution in [0.2, 0.25) is 0 Å². The van der Waals surface area contributed by atoms with Gasteiger partial charge in [-0.3, -0.25) is 4.79 Å².